The first kappa shape index (κ1) is 22.5. The molecule has 0 aliphatic rings. The Bertz CT molecular complexity index is 1200. The van der Waals surface area contributed by atoms with Gasteiger partial charge in [0.05, 0.1) is 23.9 Å². The average Bonchev–Trinajstić information content (AvgIpc) is 2.81. The number of nitrogens with two attached hydrogens (primary N) is 1. The number of carbonyl (C=O) groups is 2. The lowest BCUT2D eigenvalue weighted by molar-refractivity contribution is 0.0965. The van der Waals surface area contributed by atoms with E-state index >= 15 is 0 Å². The fourth-order valence-electron chi connectivity index (χ4n) is 3.21. The van der Waals surface area contributed by atoms with E-state index in [-0.39, 0.29) is 11.3 Å². The first-order valence-corrected chi connectivity index (χ1v) is 9.86. The van der Waals surface area contributed by atoms with Crippen molar-refractivity contribution in [1.29, 1.82) is 0 Å². The standard InChI is InChI=1S/C24H25N5O3/c1-15(29(3)14-16-9-11-17(32-4)12-10-16)23(26-2)28-24(31)19-13-21(22(25)30)27-20-8-6-5-7-18(19)20/h5-13H,2,14H2,1,3-4H3,(H2,25,30)(H,28,31)/b23-15+. The van der Waals surface area contributed by atoms with E-state index in [4.69, 9.17) is 10.5 Å². The first-order chi connectivity index (χ1) is 15.3. The maximum Gasteiger partial charge on any atom is 0.267 e. The summed E-state index contributed by atoms with van der Waals surface area (Å²) in [5.74, 6) is -0.0552. The maximum atomic E-state index is 13.1. The molecule has 8 heteroatoms. The van der Waals surface area contributed by atoms with Gasteiger partial charge in [0, 0.05) is 19.0 Å². The molecule has 0 atom stereocenters. The number of aliphatic imine (C=N–C) groups is 1. The third-order valence-corrected chi connectivity index (χ3v) is 5.10. The van der Waals surface area contributed by atoms with Crippen molar-refractivity contribution >= 4 is 29.4 Å². The van der Waals surface area contributed by atoms with Crippen molar-refractivity contribution in [3.8, 4) is 5.75 Å². The smallest absolute Gasteiger partial charge is 0.267 e. The number of ether oxygens (including phenoxy) is 1. The van der Waals surface area contributed by atoms with Gasteiger partial charge in [-0.3, -0.25) is 9.59 Å². The number of amides is 2. The molecule has 0 spiro atoms. The number of methoxy groups -OCH3 is 1. The summed E-state index contributed by atoms with van der Waals surface area (Å²) in [5.41, 5.74) is 7.97. The number of rotatable bonds is 8. The molecule has 164 valence electrons. The number of carbonyl (C=O) groups excluding carboxylic acids is 2. The Kier molecular flexibility index (Phi) is 6.84. The lowest BCUT2D eigenvalue weighted by Gasteiger charge is -2.22. The highest BCUT2D eigenvalue weighted by atomic mass is 16.5. The summed E-state index contributed by atoms with van der Waals surface area (Å²) in [5, 5.41) is 3.40. The van der Waals surface area contributed by atoms with Crippen LogP contribution < -0.4 is 15.8 Å². The molecule has 0 saturated heterocycles. The van der Waals surface area contributed by atoms with E-state index in [2.05, 4.69) is 22.0 Å². The molecular formula is C24H25N5O3. The number of hydrogen-bond donors (Lipinski definition) is 2. The molecule has 3 rings (SSSR count). The summed E-state index contributed by atoms with van der Waals surface area (Å²) in [6.07, 6.45) is 0. The largest absolute Gasteiger partial charge is 0.497 e. The van der Waals surface area contributed by atoms with E-state index in [0.29, 0.717) is 23.3 Å². The van der Waals surface area contributed by atoms with Crippen molar-refractivity contribution in [3.05, 3.63) is 82.9 Å². The Morgan fingerprint density at radius 1 is 1.19 bits per heavy atom. The van der Waals surface area contributed by atoms with Crippen LogP contribution in [0.3, 0.4) is 0 Å². The van der Waals surface area contributed by atoms with Gasteiger partial charge < -0.3 is 20.7 Å². The van der Waals surface area contributed by atoms with Crippen molar-refractivity contribution < 1.29 is 14.3 Å². The normalized spacial score (nSPS) is 11.5. The molecule has 0 saturated carbocycles. The zero-order valence-corrected chi connectivity index (χ0v) is 18.3. The number of nitrogens with one attached hydrogen (secondary N) is 1. The summed E-state index contributed by atoms with van der Waals surface area (Å²) >= 11 is 0. The van der Waals surface area contributed by atoms with E-state index in [0.717, 1.165) is 17.0 Å². The molecule has 1 heterocycles. The van der Waals surface area contributed by atoms with Gasteiger partial charge in [-0.2, -0.15) is 0 Å². The number of pyridine rings is 1. The lowest BCUT2D eigenvalue weighted by Crippen LogP contribution is -2.27. The second kappa shape index (κ2) is 9.74. The van der Waals surface area contributed by atoms with Crippen LogP contribution in [0.2, 0.25) is 0 Å². The summed E-state index contributed by atoms with van der Waals surface area (Å²) in [6, 6.07) is 16.1. The van der Waals surface area contributed by atoms with Crippen molar-refractivity contribution in [2.24, 2.45) is 10.7 Å². The molecule has 0 radical (unpaired) electrons. The summed E-state index contributed by atoms with van der Waals surface area (Å²) in [4.78, 5) is 35.0. The highest BCUT2D eigenvalue weighted by molar-refractivity contribution is 6.09. The molecule has 0 fully saturated rings. The minimum Gasteiger partial charge on any atom is -0.497 e. The summed E-state index contributed by atoms with van der Waals surface area (Å²) in [7, 11) is 3.51. The molecular weight excluding hydrogens is 406 g/mol. The molecule has 0 unspecified atom stereocenters. The molecule has 0 aliphatic heterocycles. The van der Waals surface area contributed by atoms with Gasteiger partial charge in [-0.15, -0.1) is 0 Å². The second-order valence-corrected chi connectivity index (χ2v) is 7.19. The Balaban J connectivity index is 1.88. The van der Waals surface area contributed by atoms with Gasteiger partial charge in [-0.25, -0.2) is 9.98 Å². The molecule has 3 N–H and O–H groups in total. The van der Waals surface area contributed by atoms with Crippen molar-refractivity contribution in [2.75, 3.05) is 14.2 Å². The molecule has 0 bridgehead atoms. The number of nitrogens with zero attached hydrogens (tertiary/aromatic N) is 3. The third kappa shape index (κ3) is 4.92. The molecule has 0 aliphatic carbocycles. The summed E-state index contributed by atoms with van der Waals surface area (Å²) < 4.78 is 5.19. The number of allylic oxidation sites excluding steroid dienone is 1. The van der Waals surface area contributed by atoms with Crippen molar-refractivity contribution in [1.82, 2.24) is 15.2 Å². The maximum absolute atomic E-state index is 13.1. The van der Waals surface area contributed by atoms with Gasteiger partial charge in [0.15, 0.2) is 5.82 Å². The monoisotopic (exact) mass is 431 g/mol. The number of aromatic nitrogens is 1. The van der Waals surface area contributed by atoms with E-state index < -0.39 is 11.8 Å². The fourth-order valence-corrected chi connectivity index (χ4v) is 3.21. The van der Waals surface area contributed by atoms with Crippen LogP contribution in [-0.2, 0) is 6.54 Å². The number of fused-ring (bicyclic) bond motifs is 1. The molecule has 8 nitrogen and oxygen atoms in total. The highest BCUT2D eigenvalue weighted by Crippen LogP contribution is 2.20. The molecule has 2 amide bonds. The van der Waals surface area contributed by atoms with Crippen LogP contribution in [0.15, 0.2) is 71.1 Å². The van der Waals surface area contributed by atoms with E-state index in [9.17, 15) is 9.59 Å². The molecule has 32 heavy (non-hydrogen) atoms. The number of para-hydroxylation sites is 1. The zero-order chi connectivity index (χ0) is 23.3. The van der Waals surface area contributed by atoms with Gasteiger partial charge in [0.25, 0.3) is 11.8 Å². The Hall–Kier alpha value is -4.20. The predicted molar refractivity (Wildman–Crippen MR) is 124 cm³/mol. The van der Waals surface area contributed by atoms with E-state index in [1.165, 1.54) is 6.07 Å². The van der Waals surface area contributed by atoms with Crippen LogP contribution in [-0.4, -0.2) is 42.6 Å². The van der Waals surface area contributed by atoms with Crippen LogP contribution in [0.1, 0.15) is 33.3 Å². The predicted octanol–water partition coefficient (Wildman–Crippen LogP) is 3.09. The van der Waals surface area contributed by atoms with Gasteiger partial charge in [-0.05, 0) is 43.5 Å². The average molecular weight is 431 g/mol. The molecule has 2 aromatic carbocycles. The third-order valence-electron chi connectivity index (χ3n) is 5.10. The Morgan fingerprint density at radius 3 is 2.50 bits per heavy atom. The van der Waals surface area contributed by atoms with Gasteiger partial charge in [0.2, 0.25) is 0 Å². The van der Waals surface area contributed by atoms with Crippen LogP contribution in [0.5, 0.6) is 5.75 Å². The fraction of sp³-hybridized carbons (Fsp3) is 0.167. The minimum absolute atomic E-state index is 0.0132. The van der Waals surface area contributed by atoms with Crippen LogP contribution in [0.25, 0.3) is 10.9 Å². The molecule has 1 aromatic heterocycles. The van der Waals surface area contributed by atoms with Crippen LogP contribution in [0, 0.1) is 0 Å². The SMILES string of the molecule is C=N/C(NC(=O)c1cc(C(N)=O)nc2ccccc12)=C(/C)N(C)Cc1ccc(OC)cc1. The van der Waals surface area contributed by atoms with Crippen molar-refractivity contribution in [3.63, 3.8) is 0 Å². The van der Waals surface area contributed by atoms with Gasteiger partial charge in [0.1, 0.15) is 11.4 Å². The highest BCUT2D eigenvalue weighted by Gasteiger charge is 2.17. The Labute approximate surface area is 186 Å². The topological polar surface area (TPSA) is 110 Å². The van der Waals surface area contributed by atoms with Gasteiger partial charge >= 0.3 is 0 Å². The first-order valence-electron chi connectivity index (χ1n) is 9.86. The van der Waals surface area contributed by atoms with E-state index in [1.54, 1.807) is 31.4 Å². The Morgan fingerprint density at radius 2 is 1.88 bits per heavy atom. The lowest BCUT2D eigenvalue weighted by atomic mass is 10.1. The molecule has 3 aromatic rings. The van der Waals surface area contributed by atoms with Crippen LogP contribution >= 0.6 is 0 Å². The zero-order valence-electron chi connectivity index (χ0n) is 18.3. The van der Waals surface area contributed by atoms with Crippen molar-refractivity contribution in [2.45, 2.75) is 13.5 Å². The minimum atomic E-state index is -0.710. The number of hydrogen-bond acceptors (Lipinski definition) is 6. The van der Waals surface area contributed by atoms with Crippen LogP contribution in [0.4, 0.5) is 0 Å². The quantitative estimate of drug-likeness (QED) is 0.533. The van der Waals surface area contributed by atoms with E-state index in [1.807, 2.05) is 43.1 Å². The van der Waals surface area contributed by atoms with Gasteiger partial charge in [-0.1, -0.05) is 30.3 Å². The second-order valence-electron chi connectivity index (χ2n) is 7.19. The number of benzene rings is 2. The summed E-state index contributed by atoms with van der Waals surface area (Å²) in [6.45, 7) is 6.03. The number of primary amides is 1.